The van der Waals surface area contributed by atoms with Gasteiger partial charge in [-0.25, -0.2) is 12.8 Å². The molecule has 2 rings (SSSR count). The van der Waals surface area contributed by atoms with E-state index in [0.717, 1.165) is 12.8 Å². The van der Waals surface area contributed by atoms with Crippen molar-refractivity contribution in [1.82, 2.24) is 4.90 Å². The third kappa shape index (κ3) is 4.89. The Bertz CT molecular complexity index is 685. The van der Waals surface area contributed by atoms with Gasteiger partial charge in [0.25, 0.3) is 0 Å². The number of sulfone groups is 1. The summed E-state index contributed by atoms with van der Waals surface area (Å²) < 4.78 is 36.9. The van der Waals surface area contributed by atoms with Crippen LogP contribution < -0.4 is 0 Å². The molecule has 0 aromatic heterocycles. The van der Waals surface area contributed by atoms with Crippen LogP contribution in [0.25, 0.3) is 6.08 Å². The third-order valence-electron chi connectivity index (χ3n) is 4.00. The largest absolute Gasteiger partial charge is 0.335 e. The van der Waals surface area contributed by atoms with Crippen molar-refractivity contribution >= 4 is 21.8 Å². The number of halogens is 1. The van der Waals surface area contributed by atoms with E-state index < -0.39 is 9.84 Å². The molecule has 23 heavy (non-hydrogen) atoms. The lowest BCUT2D eigenvalue weighted by atomic mass is 10.1. The molecule has 0 spiro atoms. The fourth-order valence-electron chi connectivity index (χ4n) is 2.69. The number of hydrogen-bond donors (Lipinski definition) is 0. The second-order valence-corrected chi connectivity index (χ2v) is 8.03. The van der Waals surface area contributed by atoms with Crippen LogP contribution in [0.1, 0.15) is 31.7 Å². The second kappa shape index (κ2) is 7.73. The average Bonchev–Trinajstić information content (AvgIpc) is 2.87. The molecule has 0 N–H and O–H groups in total. The van der Waals surface area contributed by atoms with Crippen LogP contribution in [0.5, 0.6) is 0 Å². The fourth-order valence-corrected chi connectivity index (χ4v) is 4.42. The summed E-state index contributed by atoms with van der Waals surface area (Å²) in [5.41, 5.74) is 0.343. The molecule has 1 aromatic rings. The SMILES string of the molecule is CCCCN(C(=O)/C=C/c1ccccc1F)C1CCS(=O)(=O)C1. The third-order valence-corrected chi connectivity index (χ3v) is 5.75. The monoisotopic (exact) mass is 339 g/mol. The topological polar surface area (TPSA) is 54.5 Å². The van der Waals surface area contributed by atoms with Gasteiger partial charge in [-0.05, 0) is 25.0 Å². The molecule has 4 nitrogen and oxygen atoms in total. The van der Waals surface area contributed by atoms with Crippen molar-refractivity contribution in [3.63, 3.8) is 0 Å². The fraction of sp³-hybridized carbons (Fsp3) is 0.471. The van der Waals surface area contributed by atoms with E-state index in [-0.39, 0.29) is 29.3 Å². The van der Waals surface area contributed by atoms with Gasteiger partial charge >= 0.3 is 0 Å². The number of rotatable bonds is 6. The van der Waals surface area contributed by atoms with E-state index in [1.807, 2.05) is 6.92 Å². The minimum atomic E-state index is -3.05. The molecule has 6 heteroatoms. The summed E-state index contributed by atoms with van der Waals surface area (Å²) in [4.78, 5) is 14.1. The van der Waals surface area contributed by atoms with Crippen molar-refractivity contribution in [2.45, 2.75) is 32.2 Å². The number of hydrogen-bond acceptors (Lipinski definition) is 3. The van der Waals surface area contributed by atoms with Gasteiger partial charge in [0, 0.05) is 24.2 Å². The van der Waals surface area contributed by atoms with E-state index in [0.29, 0.717) is 18.5 Å². The summed E-state index contributed by atoms with van der Waals surface area (Å²) in [6.45, 7) is 2.54. The molecule has 0 bridgehead atoms. The van der Waals surface area contributed by atoms with Crippen molar-refractivity contribution in [3.8, 4) is 0 Å². The molecule has 1 amide bonds. The molecule has 0 radical (unpaired) electrons. The van der Waals surface area contributed by atoms with Crippen molar-refractivity contribution in [3.05, 3.63) is 41.7 Å². The lowest BCUT2D eigenvalue weighted by molar-refractivity contribution is -0.127. The number of unbranched alkanes of at least 4 members (excludes halogenated alkanes) is 1. The van der Waals surface area contributed by atoms with Crippen LogP contribution in [-0.4, -0.2) is 43.3 Å². The van der Waals surface area contributed by atoms with E-state index in [9.17, 15) is 17.6 Å². The number of amides is 1. The summed E-state index contributed by atoms with van der Waals surface area (Å²) in [6, 6.07) is 5.94. The average molecular weight is 339 g/mol. The van der Waals surface area contributed by atoms with Gasteiger partial charge in [0.2, 0.25) is 5.91 Å². The first-order valence-corrected chi connectivity index (χ1v) is 9.68. The van der Waals surface area contributed by atoms with Crippen LogP contribution in [-0.2, 0) is 14.6 Å². The molecule has 1 aromatic carbocycles. The van der Waals surface area contributed by atoms with Gasteiger partial charge in [0.1, 0.15) is 5.82 Å². The van der Waals surface area contributed by atoms with Crippen LogP contribution >= 0.6 is 0 Å². The molecule has 1 unspecified atom stereocenters. The normalized spacial score (nSPS) is 20.0. The van der Waals surface area contributed by atoms with Crippen LogP contribution in [0.3, 0.4) is 0 Å². The highest BCUT2D eigenvalue weighted by Gasteiger charge is 2.33. The van der Waals surface area contributed by atoms with Gasteiger partial charge in [-0.2, -0.15) is 0 Å². The maximum Gasteiger partial charge on any atom is 0.246 e. The van der Waals surface area contributed by atoms with Crippen molar-refractivity contribution in [2.75, 3.05) is 18.1 Å². The first kappa shape index (κ1) is 17.7. The van der Waals surface area contributed by atoms with Crippen LogP contribution in [0.4, 0.5) is 4.39 Å². The Hall–Kier alpha value is -1.69. The Morgan fingerprint density at radius 2 is 2.13 bits per heavy atom. The minimum absolute atomic E-state index is 0.0238. The lowest BCUT2D eigenvalue weighted by Gasteiger charge is -2.27. The molecular formula is C17H22FNO3S. The standard InChI is InChI=1S/C17H22FNO3S/c1-2-3-11-19(15-10-12-23(21,22)13-15)17(20)9-8-14-6-4-5-7-16(14)18/h4-9,15H,2-3,10-13H2,1H3/b9-8+. The second-order valence-electron chi connectivity index (χ2n) is 5.80. The Morgan fingerprint density at radius 1 is 1.39 bits per heavy atom. The summed E-state index contributed by atoms with van der Waals surface area (Å²) in [5.74, 6) is -0.496. The lowest BCUT2D eigenvalue weighted by Crippen LogP contribution is -2.40. The molecule has 1 atom stereocenters. The van der Waals surface area contributed by atoms with Crippen molar-refractivity contribution in [1.29, 1.82) is 0 Å². The first-order chi connectivity index (χ1) is 10.9. The number of carbonyl (C=O) groups is 1. The first-order valence-electron chi connectivity index (χ1n) is 7.86. The number of nitrogens with zero attached hydrogens (tertiary/aromatic N) is 1. The molecule has 1 aliphatic rings. The van der Waals surface area contributed by atoms with Gasteiger partial charge in [0.05, 0.1) is 11.5 Å². The smallest absolute Gasteiger partial charge is 0.246 e. The van der Waals surface area contributed by atoms with Crippen molar-refractivity contribution in [2.24, 2.45) is 0 Å². The predicted molar refractivity (Wildman–Crippen MR) is 89.1 cm³/mol. The van der Waals surface area contributed by atoms with Gasteiger partial charge < -0.3 is 4.90 Å². The zero-order chi connectivity index (χ0) is 16.9. The Balaban J connectivity index is 2.12. The minimum Gasteiger partial charge on any atom is -0.335 e. The molecule has 0 saturated carbocycles. The molecule has 1 saturated heterocycles. The summed E-state index contributed by atoms with van der Waals surface area (Å²) in [6.07, 6.45) is 4.99. The molecule has 1 fully saturated rings. The van der Waals surface area contributed by atoms with E-state index in [1.165, 1.54) is 18.2 Å². The highest BCUT2D eigenvalue weighted by molar-refractivity contribution is 7.91. The molecule has 1 aliphatic heterocycles. The van der Waals surface area contributed by atoms with Gasteiger partial charge in [-0.3, -0.25) is 4.79 Å². The summed E-state index contributed by atoms with van der Waals surface area (Å²) in [7, 11) is -3.05. The molecule has 1 heterocycles. The molecule has 126 valence electrons. The van der Waals surface area contributed by atoms with Gasteiger partial charge in [-0.15, -0.1) is 0 Å². The van der Waals surface area contributed by atoms with Crippen LogP contribution in [0.15, 0.2) is 30.3 Å². The van der Waals surface area contributed by atoms with E-state index in [2.05, 4.69) is 0 Å². The van der Waals surface area contributed by atoms with E-state index in [1.54, 1.807) is 23.1 Å². The zero-order valence-electron chi connectivity index (χ0n) is 13.2. The quantitative estimate of drug-likeness (QED) is 0.749. The van der Waals surface area contributed by atoms with Gasteiger partial charge in [0.15, 0.2) is 9.84 Å². The van der Waals surface area contributed by atoms with Gasteiger partial charge in [-0.1, -0.05) is 31.5 Å². The number of carbonyl (C=O) groups excluding carboxylic acids is 1. The van der Waals surface area contributed by atoms with E-state index >= 15 is 0 Å². The highest BCUT2D eigenvalue weighted by atomic mass is 32.2. The summed E-state index contributed by atoms with van der Waals surface area (Å²) in [5, 5.41) is 0. The number of benzene rings is 1. The van der Waals surface area contributed by atoms with E-state index in [4.69, 9.17) is 0 Å². The molecular weight excluding hydrogens is 317 g/mol. The highest BCUT2D eigenvalue weighted by Crippen LogP contribution is 2.19. The zero-order valence-corrected chi connectivity index (χ0v) is 14.1. The van der Waals surface area contributed by atoms with Crippen LogP contribution in [0, 0.1) is 5.82 Å². The Labute approximate surface area is 136 Å². The maximum atomic E-state index is 13.6. The molecule has 0 aliphatic carbocycles. The summed E-state index contributed by atoms with van der Waals surface area (Å²) >= 11 is 0. The Morgan fingerprint density at radius 3 is 2.74 bits per heavy atom. The Kier molecular flexibility index (Phi) is 5.93. The van der Waals surface area contributed by atoms with Crippen molar-refractivity contribution < 1.29 is 17.6 Å². The van der Waals surface area contributed by atoms with Crippen LogP contribution in [0.2, 0.25) is 0 Å². The maximum absolute atomic E-state index is 13.6. The predicted octanol–water partition coefficient (Wildman–Crippen LogP) is 2.65.